The Balaban J connectivity index is 2.07. The molecule has 1 aliphatic rings. The number of Topliss-reactive ketones (excluding diaryl/α,β-unsaturated/α-hetero) is 1. The van der Waals surface area contributed by atoms with Gasteiger partial charge in [0.05, 0.1) is 6.54 Å². The van der Waals surface area contributed by atoms with Crippen molar-refractivity contribution < 1.29 is 14.7 Å². The van der Waals surface area contributed by atoms with Crippen LogP contribution in [0.5, 0.6) is 0 Å². The fourth-order valence-electron chi connectivity index (χ4n) is 3.34. The molecule has 4 heteroatoms. The first-order chi connectivity index (χ1) is 11.8. The largest absolute Gasteiger partial charge is 0.511 e. The number of nitrogens with zero attached hydrogens (tertiary/aromatic N) is 1. The molecule has 1 aliphatic heterocycles. The molecule has 25 heavy (non-hydrogen) atoms. The van der Waals surface area contributed by atoms with Crippen molar-refractivity contribution >= 4 is 11.7 Å². The third-order valence-electron chi connectivity index (χ3n) is 5.11. The van der Waals surface area contributed by atoms with Gasteiger partial charge in [-0.2, -0.15) is 0 Å². The summed E-state index contributed by atoms with van der Waals surface area (Å²) in [5.74, 6) is 1.04. The molecule has 0 aromatic carbocycles. The first-order valence-electron chi connectivity index (χ1n) is 10.0. The number of hydrogen-bond acceptors (Lipinski definition) is 3. The Morgan fingerprint density at radius 1 is 0.960 bits per heavy atom. The minimum absolute atomic E-state index is 0.0119. The molecule has 0 radical (unpaired) electrons. The van der Waals surface area contributed by atoms with Crippen LogP contribution in [0.15, 0.2) is 11.3 Å². The third-order valence-corrected chi connectivity index (χ3v) is 5.11. The van der Waals surface area contributed by atoms with Crippen LogP contribution in [-0.2, 0) is 9.59 Å². The van der Waals surface area contributed by atoms with E-state index in [0.29, 0.717) is 6.42 Å². The van der Waals surface area contributed by atoms with Gasteiger partial charge in [0.25, 0.3) is 5.91 Å². The molecule has 1 N–H and O–H groups in total. The molecule has 0 aromatic rings. The van der Waals surface area contributed by atoms with E-state index in [0.717, 1.165) is 31.1 Å². The highest BCUT2D eigenvalue weighted by atomic mass is 16.3. The summed E-state index contributed by atoms with van der Waals surface area (Å²) in [5, 5.41) is 10.0. The molecule has 0 aromatic heterocycles. The normalized spacial score (nSPS) is 18.4. The molecule has 0 bridgehead atoms. The van der Waals surface area contributed by atoms with Crippen LogP contribution in [0.3, 0.4) is 0 Å². The lowest BCUT2D eigenvalue weighted by molar-refractivity contribution is -0.123. The summed E-state index contributed by atoms with van der Waals surface area (Å²) in [7, 11) is 1.59. The van der Waals surface area contributed by atoms with E-state index in [1.807, 2.05) is 0 Å². The van der Waals surface area contributed by atoms with E-state index in [4.69, 9.17) is 0 Å². The summed E-state index contributed by atoms with van der Waals surface area (Å²) >= 11 is 0. The topological polar surface area (TPSA) is 57.6 Å². The van der Waals surface area contributed by atoms with Crippen molar-refractivity contribution in [2.75, 3.05) is 13.6 Å². The SMILES string of the molecule is CC(C)CCC(C)CCCCCCCC/C(O)=C1\C(=O)CN(C)C1=O. The zero-order valence-corrected chi connectivity index (χ0v) is 16.6. The van der Waals surface area contributed by atoms with Gasteiger partial charge in [-0.15, -0.1) is 0 Å². The van der Waals surface area contributed by atoms with E-state index >= 15 is 0 Å². The molecule has 0 aliphatic carbocycles. The van der Waals surface area contributed by atoms with Gasteiger partial charge in [0.2, 0.25) is 0 Å². The second-order valence-electron chi connectivity index (χ2n) is 8.14. The zero-order chi connectivity index (χ0) is 18.8. The summed E-state index contributed by atoms with van der Waals surface area (Å²) in [4.78, 5) is 24.8. The molecular formula is C21H37NO3. The highest BCUT2D eigenvalue weighted by Gasteiger charge is 2.33. The van der Waals surface area contributed by atoms with Crippen LogP contribution >= 0.6 is 0 Å². The maximum Gasteiger partial charge on any atom is 0.261 e. The van der Waals surface area contributed by atoms with Crippen molar-refractivity contribution in [3.63, 3.8) is 0 Å². The Morgan fingerprint density at radius 3 is 2.12 bits per heavy atom. The van der Waals surface area contributed by atoms with Gasteiger partial charge in [0.1, 0.15) is 11.3 Å². The summed E-state index contributed by atoms with van der Waals surface area (Å²) in [6, 6.07) is 0. The number of unbranched alkanes of at least 4 members (excludes halogenated alkanes) is 5. The lowest BCUT2D eigenvalue weighted by atomic mass is 9.94. The van der Waals surface area contributed by atoms with Gasteiger partial charge < -0.3 is 10.0 Å². The third kappa shape index (κ3) is 8.06. The van der Waals surface area contributed by atoms with E-state index in [-0.39, 0.29) is 29.6 Å². The number of allylic oxidation sites excluding steroid dienone is 1. The Hall–Kier alpha value is -1.32. The lowest BCUT2D eigenvalue weighted by Gasteiger charge is -2.12. The maximum atomic E-state index is 11.8. The predicted molar refractivity (Wildman–Crippen MR) is 102 cm³/mol. The number of hydrogen-bond donors (Lipinski definition) is 1. The molecule has 144 valence electrons. The van der Waals surface area contributed by atoms with E-state index in [2.05, 4.69) is 20.8 Å². The number of rotatable bonds is 12. The van der Waals surface area contributed by atoms with Crippen molar-refractivity contribution in [2.45, 2.75) is 85.0 Å². The molecule has 1 amide bonds. The minimum Gasteiger partial charge on any atom is -0.511 e. The average molecular weight is 352 g/mol. The van der Waals surface area contributed by atoms with Crippen molar-refractivity contribution in [1.29, 1.82) is 0 Å². The van der Waals surface area contributed by atoms with Crippen molar-refractivity contribution in [3.8, 4) is 0 Å². The molecule has 1 fully saturated rings. The van der Waals surface area contributed by atoms with Crippen LogP contribution in [-0.4, -0.2) is 35.3 Å². The highest BCUT2D eigenvalue weighted by molar-refractivity contribution is 6.25. The molecule has 1 atom stereocenters. The number of carbonyl (C=O) groups is 2. The van der Waals surface area contributed by atoms with E-state index in [1.165, 1.54) is 43.4 Å². The second-order valence-corrected chi connectivity index (χ2v) is 8.14. The molecule has 1 saturated heterocycles. The van der Waals surface area contributed by atoms with Gasteiger partial charge in [0, 0.05) is 13.5 Å². The zero-order valence-electron chi connectivity index (χ0n) is 16.6. The van der Waals surface area contributed by atoms with Gasteiger partial charge in [-0.1, -0.05) is 72.1 Å². The number of likely N-dealkylation sites (N-methyl/N-ethyl adjacent to an activating group) is 1. The standard InChI is InChI=1S/C21H37NO3/c1-16(2)13-14-17(3)11-9-7-5-6-8-10-12-18(23)20-19(24)15-22(4)21(20)25/h16-17,23H,5-15H2,1-4H3/b20-18-. The fraction of sp³-hybridized carbons (Fsp3) is 0.810. The highest BCUT2D eigenvalue weighted by Crippen LogP contribution is 2.21. The van der Waals surface area contributed by atoms with Crippen LogP contribution < -0.4 is 0 Å². The predicted octanol–water partition coefficient (Wildman–Crippen LogP) is 5.03. The Labute approximate surface area is 153 Å². The summed E-state index contributed by atoms with van der Waals surface area (Å²) in [6.45, 7) is 7.03. The second kappa shape index (κ2) is 11.3. The van der Waals surface area contributed by atoms with Crippen molar-refractivity contribution in [1.82, 2.24) is 4.90 Å². The smallest absolute Gasteiger partial charge is 0.261 e. The molecule has 0 saturated carbocycles. The van der Waals surface area contributed by atoms with Gasteiger partial charge in [-0.25, -0.2) is 0 Å². The van der Waals surface area contributed by atoms with Crippen LogP contribution in [0.1, 0.15) is 85.0 Å². The number of aliphatic hydroxyl groups is 1. The van der Waals surface area contributed by atoms with E-state index in [9.17, 15) is 14.7 Å². The molecular weight excluding hydrogens is 314 g/mol. The number of carbonyl (C=O) groups excluding carboxylic acids is 2. The van der Waals surface area contributed by atoms with E-state index < -0.39 is 0 Å². The summed E-state index contributed by atoms with van der Waals surface area (Å²) in [5.41, 5.74) is 0.0119. The molecule has 1 unspecified atom stereocenters. The van der Waals surface area contributed by atoms with Crippen LogP contribution in [0.25, 0.3) is 0 Å². The lowest BCUT2D eigenvalue weighted by Crippen LogP contribution is -2.19. The van der Waals surface area contributed by atoms with Gasteiger partial charge >= 0.3 is 0 Å². The molecule has 1 rings (SSSR count). The number of likely N-dealkylation sites (tertiary alicyclic amines) is 1. The maximum absolute atomic E-state index is 11.8. The first kappa shape index (κ1) is 21.7. The average Bonchev–Trinajstić information content (AvgIpc) is 2.80. The number of amides is 1. The van der Waals surface area contributed by atoms with Gasteiger partial charge in [-0.3, -0.25) is 9.59 Å². The fourth-order valence-corrected chi connectivity index (χ4v) is 3.34. The molecule has 0 spiro atoms. The van der Waals surface area contributed by atoms with Gasteiger partial charge in [-0.05, 0) is 18.3 Å². The number of aliphatic hydroxyl groups excluding tert-OH is 1. The molecule has 1 heterocycles. The summed E-state index contributed by atoms with van der Waals surface area (Å²) in [6.07, 6.45) is 11.3. The van der Waals surface area contributed by atoms with Crippen LogP contribution in [0, 0.1) is 11.8 Å². The number of ketones is 1. The Morgan fingerprint density at radius 2 is 1.56 bits per heavy atom. The van der Waals surface area contributed by atoms with Crippen molar-refractivity contribution in [2.24, 2.45) is 11.8 Å². The monoisotopic (exact) mass is 351 g/mol. The quantitative estimate of drug-likeness (QED) is 0.232. The van der Waals surface area contributed by atoms with Crippen molar-refractivity contribution in [3.05, 3.63) is 11.3 Å². The van der Waals surface area contributed by atoms with E-state index in [1.54, 1.807) is 7.05 Å². The minimum atomic E-state index is -0.339. The Bertz CT molecular complexity index is 468. The Kier molecular flexibility index (Phi) is 9.84. The first-order valence-corrected chi connectivity index (χ1v) is 10.0. The van der Waals surface area contributed by atoms with Crippen LogP contribution in [0.2, 0.25) is 0 Å². The summed E-state index contributed by atoms with van der Waals surface area (Å²) < 4.78 is 0. The van der Waals surface area contributed by atoms with Gasteiger partial charge in [0.15, 0.2) is 5.78 Å². The molecule has 4 nitrogen and oxygen atoms in total. The van der Waals surface area contributed by atoms with Crippen LogP contribution in [0.4, 0.5) is 0 Å².